The van der Waals surface area contributed by atoms with Gasteiger partial charge in [0.2, 0.25) is 5.91 Å². The lowest BCUT2D eigenvalue weighted by Gasteiger charge is -2.19. The number of hydrazone groups is 1. The Morgan fingerprint density at radius 1 is 0.933 bits per heavy atom. The monoisotopic (exact) mass is 410 g/mol. The van der Waals surface area contributed by atoms with E-state index in [1.807, 2.05) is 13.0 Å². The van der Waals surface area contributed by atoms with Crippen LogP contribution in [-0.2, 0) is 14.4 Å². The molecule has 0 aromatic heterocycles. The smallest absolute Gasteiger partial charge is 0.329 e. The lowest BCUT2D eigenvalue weighted by molar-refractivity contribution is -0.136. The summed E-state index contributed by atoms with van der Waals surface area (Å²) in [4.78, 5) is 36.0. The molecule has 0 unspecified atom stereocenters. The molecule has 0 fully saturated rings. The minimum Gasteiger partial charge on any atom is -0.486 e. The van der Waals surface area contributed by atoms with Crippen molar-refractivity contribution in [3.63, 3.8) is 0 Å². The predicted octanol–water partition coefficient (Wildman–Crippen LogP) is 2.23. The Kier molecular flexibility index (Phi) is 6.63. The van der Waals surface area contributed by atoms with Gasteiger partial charge in [-0.25, -0.2) is 5.43 Å². The summed E-state index contributed by atoms with van der Waals surface area (Å²) >= 11 is 0. The largest absolute Gasteiger partial charge is 0.486 e. The molecule has 0 saturated heterocycles. The van der Waals surface area contributed by atoms with Gasteiger partial charge in [0.05, 0.1) is 6.42 Å². The first kappa shape index (κ1) is 20.8. The maximum absolute atomic E-state index is 12.2. The summed E-state index contributed by atoms with van der Waals surface area (Å²) in [6.07, 6.45) is -0.0613. The van der Waals surface area contributed by atoms with E-state index in [1.54, 1.807) is 43.3 Å². The number of carbonyl (C=O) groups is 3. The highest BCUT2D eigenvalue weighted by molar-refractivity contribution is 6.39. The maximum Gasteiger partial charge on any atom is 0.329 e. The molecular weight excluding hydrogens is 388 g/mol. The zero-order chi connectivity index (χ0) is 21.5. The van der Waals surface area contributed by atoms with Crippen LogP contribution >= 0.6 is 0 Å². The van der Waals surface area contributed by atoms with E-state index in [4.69, 9.17) is 9.47 Å². The highest BCUT2D eigenvalue weighted by Gasteiger charge is 2.15. The third-order valence-corrected chi connectivity index (χ3v) is 4.07. The normalized spacial score (nSPS) is 12.7. The van der Waals surface area contributed by atoms with Crippen molar-refractivity contribution in [2.75, 3.05) is 23.8 Å². The number of fused-ring (bicyclic) bond motifs is 1. The van der Waals surface area contributed by atoms with Crippen molar-refractivity contribution in [2.45, 2.75) is 20.3 Å². The summed E-state index contributed by atoms with van der Waals surface area (Å²) in [7, 11) is 0. The molecule has 30 heavy (non-hydrogen) atoms. The van der Waals surface area contributed by atoms with E-state index in [0.29, 0.717) is 41.8 Å². The summed E-state index contributed by atoms with van der Waals surface area (Å²) < 4.78 is 10.9. The van der Waals surface area contributed by atoms with E-state index in [2.05, 4.69) is 21.2 Å². The minimum atomic E-state index is -0.928. The van der Waals surface area contributed by atoms with Crippen molar-refractivity contribution in [3.05, 3.63) is 48.0 Å². The van der Waals surface area contributed by atoms with E-state index < -0.39 is 11.8 Å². The van der Waals surface area contributed by atoms with Crippen LogP contribution in [0.4, 0.5) is 11.4 Å². The average Bonchev–Trinajstić information content (AvgIpc) is 2.71. The van der Waals surface area contributed by atoms with E-state index >= 15 is 0 Å². The van der Waals surface area contributed by atoms with E-state index in [9.17, 15) is 14.4 Å². The van der Waals surface area contributed by atoms with Gasteiger partial charge in [0, 0.05) is 23.2 Å². The fraction of sp³-hybridized carbons (Fsp3) is 0.238. The molecular formula is C21H22N4O5. The molecule has 2 aromatic rings. The van der Waals surface area contributed by atoms with Gasteiger partial charge in [-0.15, -0.1) is 0 Å². The molecule has 3 N–H and O–H groups in total. The topological polar surface area (TPSA) is 118 Å². The number of ether oxygens (including phenoxy) is 2. The minimum absolute atomic E-state index is 0.0613. The Morgan fingerprint density at radius 2 is 1.67 bits per heavy atom. The number of benzene rings is 2. The highest BCUT2D eigenvalue weighted by atomic mass is 16.6. The van der Waals surface area contributed by atoms with Crippen LogP contribution in [0, 0.1) is 6.92 Å². The van der Waals surface area contributed by atoms with Gasteiger partial charge in [-0.1, -0.05) is 12.1 Å². The van der Waals surface area contributed by atoms with Gasteiger partial charge < -0.3 is 20.1 Å². The molecule has 156 valence electrons. The number of aryl methyl sites for hydroxylation is 1. The number of amides is 3. The first-order valence-electron chi connectivity index (χ1n) is 9.31. The molecule has 0 aliphatic carbocycles. The van der Waals surface area contributed by atoms with Crippen LogP contribution in [-0.4, -0.2) is 36.6 Å². The average molecular weight is 410 g/mol. The molecule has 1 aliphatic heterocycles. The quantitative estimate of drug-likeness (QED) is 0.397. The molecule has 0 saturated carbocycles. The predicted molar refractivity (Wildman–Crippen MR) is 112 cm³/mol. The third kappa shape index (κ3) is 5.81. The summed E-state index contributed by atoms with van der Waals surface area (Å²) in [5.74, 6) is -0.910. The van der Waals surface area contributed by atoms with Gasteiger partial charge in [0.25, 0.3) is 0 Å². The van der Waals surface area contributed by atoms with Crippen molar-refractivity contribution >= 4 is 34.8 Å². The van der Waals surface area contributed by atoms with Crippen molar-refractivity contribution in [2.24, 2.45) is 5.10 Å². The van der Waals surface area contributed by atoms with E-state index in [0.717, 1.165) is 5.56 Å². The molecule has 9 heteroatoms. The van der Waals surface area contributed by atoms with Gasteiger partial charge in [0.1, 0.15) is 13.2 Å². The van der Waals surface area contributed by atoms with Crippen molar-refractivity contribution in [1.82, 2.24) is 5.43 Å². The molecule has 1 aliphatic rings. The first-order chi connectivity index (χ1) is 14.4. The Labute approximate surface area is 173 Å². The molecule has 0 atom stereocenters. The lowest BCUT2D eigenvalue weighted by atomic mass is 10.2. The van der Waals surface area contributed by atoms with Gasteiger partial charge >= 0.3 is 11.8 Å². The molecule has 3 amide bonds. The SMILES string of the molecule is CC(CC(=O)Nc1ccc2c(c1)OCCO2)=NNC(=O)C(=O)Nc1cccc(C)c1. The van der Waals surface area contributed by atoms with Crippen LogP contribution in [0.1, 0.15) is 18.9 Å². The van der Waals surface area contributed by atoms with Crippen LogP contribution in [0.5, 0.6) is 11.5 Å². The van der Waals surface area contributed by atoms with Crippen molar-refractivity contribution in [3.8, 4) is 11.5 Å². The van der Waals surface area contributed by atoms with E-state index in [-0.39, 0.29) is 12.3 Å². The fourth-order valence-corrected chi connectivity index (χ4v) is 2.71. The standard InChI is InChI=1S/C21H22N4O5/c1-13-4-3-5-15(10-13)23-20(27)21(28)25-24-14(2)11-19(26)22-16-6-7-17-18(12-16)30-9-8-29-17/h3-7,10,12H,8-9,11H2,1-2H3,(H,22,26)(H,23,27)(H,25,28). The fourth-order valence-electron chi connectivity index (χ4n) is 2.71. The molecule has 0 radical (unpaired) electrons. The van der Waals surface area contributed by atoms with Crippen LogP contribution < -0.4 is 25.5 Å². The summed E-state index contributed by atoms with van der Waals surface area (Å²) in [5, 5.41) is 9.01. The number of nitrogens with zero attached hydrogens (tertiary/aromatic N) is 1. The number of anilines is 2. The number of carbonyl (C=O) groups excluding carboxylic acids is 3. The second kappa shape index (κ2) is 9.55. The van der Waals surface area contributed by atoms with Crippen LogP contribution in [0.2, 0.25) is 0 Å². The van der Waals surface area contributed by atoms with Gasteiger partial charge in [0.15, 0.2) is 11.5 Å². The van der Waals surface area contributed by atoms with Crippen LogP contribution in [0.25, 0.3) is 0 Å². The summed E-state index contributed by atoms with van der Waals surface area (Å²) in [5.41, 5.74) is 4.50. The number of nitrogens with one attached hydrogen (secondary N) is 3. The van der Waals surface area contributed by atoms with Crippen LogP contribution in [0.15, 0.2) is 47.6 Å². The van der Waals surface area contributed by atoms with Gasteiger partial charge in [-0.05, 0) is 43.7 Å². The molecule has 2 aromatic carbocycles. The molecule has 0 spiro atoms. The molecule has 0 bridgehead atoms. The highest BCUT2D eigenvalue weighted by Crippen LogP contribution is 2.32. The maximum atomic E-state index is 12.2. The molecule has 1 heterocycles. The number of hydrogen-bond acceptors (Lipinski definition) is 6. The second-order valence-corrected chi connectivity index (χ2v) is 6.69. The number of rotatable bonds is 5. The Morgan fingerprint density at radius 3 is 2.43 bits per heavy atom. The zero-order valence-electron chi connectivity index (χ0n) is 16.7. The number of hydrogen-bond donors (Lipinski definition) is 3. The zero-order valence-corrected chi connectivity index (χ0v) is 16.7. The summed E-state index contributed by atoms with van der Waals surface area (Å²) in [6.45, 7) is 4.39. The summed E-state index contributed by atoms with van der Waals surface area (Å²) in [6, 6.07) is 12.2. The molecule has 9 nitrogen and oxygen atoms in total. The van der Waals surface area contributed by atoms with Gasteiger partial charge in [-0.3, -0.25) is 14.4 Å². The Bertz CT molecular complexity index is 1000. The van der Waals surface area contributed by atoms with Crippen molar-refractivity contribution in [1.29, 1.82) is 0 Å². The van der Waals surface area contributed by atoms with Crippen LogP contribution in [0.3, 0.4) is 0 Å². The second-order valence-electron chi connectivity index (χ2n) is 6.69. The van der Waals surface area contributed by atoms with Gasteiger partial charge in [-0.2, -0.15) is 5.10 Å². The molecule has 3 rings (SSSR count). The lowest BCUT2D eigenvalue weighted by Crippen LogP contribution is -2.33. The van der Waals surface area contributed by atoms with Crippen molar-refractivity contribution < 1.29 is 23.9 Å². The third-order valence-electron chi connectivity index (χ3n) is 4.07. The van der Waals surface area contributed by atoms with E-state index in [1.165, 1.54) is 0 Å². The Balaban J connectivity index is 1.48. The Hall–Kier alpha value is -3.88. The first-order valence-corrected chi connectivity index (χ1v) is 9.31.